The van der Waals surface area contributed by atoms with Gasteiger partial charge in [0.2, 0.25) is 5.95 Å². The number of likely N-dealkylation sites (tertiary alicyclic amines) is 1. The molecule has 2 aliphatic heterocycles. The van der Waals surface area contributed by atoms with Gasteiger partial charge >= 0.3 is 5.97 Å². The number of imidazole rings is 1. The Morgan fingerprint density at radius 2 is 1.96 bits per heavy atom. The van der Waals surface area contributed by atoms with Gasteiger partial charge in [-0.3, -0.25) is 9.69 Å². The van der Waals surface area contributed by atoms with Crippen LogP contribution in [0.2, 0.25) is 0 Å². The van der Waals surface area contributed by atoms with Gasteiger partial charge in [0.05, 0.1) is 12.0 Å². The van der Waals surface area contributed by atoms with E-state index in [1.165, 1.54) is 31.4 Å². The molecule has 0 spiro atoms. The quantitative estimate of drug-likeness (QED) is 0.844. The summed E-state index contributed by atoms with van der Waals surface area (Å²) in [4.78, 5) is 29.6. The van der Waals surface area contributed by atoms with E-state index in [0.717, 1.165) is 13.1 Å². The van der Waals surface area contributed by atoms with Crippen LogP contribution in [0.5, 0.6) is 0 Å². The van der Waals surface area contributed by atoms with E-state index in [0.29, 0.717) is 31.6 Å². The number of nitrogens with zero attached hydrogens (tertiary/aromatic N) is 6. The van der Waals surface area contributed by atoms with Gasteiger partial charge in [-0.1, -0.05) is 12.8 Å². The van der Waals surface area contributed by atoms with E-state index < -0.39 is 11.4 Å². The molecular weight excluding hydrogens is 356 g/mol. The van der Waals surface area contributed by atoms with Crippen LogP contribution < -0.4 is 4.90 Å². The summed E-state index contributed by atoms with van der Waals surface area (Å²) in [5.74, 6) is 0.00257. The third-order valence-corrected chi connectivity index (χ3v) is 6.79. The number of aliphatic carboxylic acids is 1. The fourth-order valence-electron chi connectivity index (χ4n) is 5.39. The van der Waals surface area contributed by atoms with E-state index in [4.69, 9.17) is 0 Å². The largest absolute Gasteiger partial charge is 0.481 e. The first-order chi connectivity index (χ1) is 13.7. The number of anilines is 1. The zero-order valence-electron chi connectivity index (χ0n) is 15.9. The summed E-state index contributed by atoms with van der Waals surface area (Å²) in [5, 5.41) is 10.1. The summed E-state index contributed by atoms with van der Waals surface area (Å²) in [6.07, 6.45) is 12.3. The molecule has 3 aliphatic rings. The minimum Gasteiger partial charge on any atom is -0.481 e. The lowest BCUT2D eigenvalue weighted by Gasteiger charge is -2.26. The molecule has 1 N–H and O–H groups in total. The van der Waals surface area contributed by atoms with Crippen molar-refractivity contribution in [3.8, 4) is 0 Å². The van der Waals surface area contributed by atoms with Crippen LogP contribution in [0.4, 0.5) is 5.95 Å². The van der Waals surface area contributed by atoms with Crippen molar-refractivity contribution >= 4 is 11.9 Å². The third-order valence-electron chi connectivity index (χ3n) is 6.79. The highest BCUT2D eigenvalue weighted by Crippen LogP contribution is 2.44. The van der Waals surface area contributed by atoms with Gasteiger partial charge in [0.25, 0.3) is 0 Å². The van der Waals surface area contributed by atoms with Crippen LogP contribution >= 0.6 is 0 Å². The molecule has 2 aromatic heterocycles. The van der Waals surface area contributed by atoms with Crippen LogP contribution in [0.1, 0.15) is 37.4 Å². The molecule has 1 aliphatic carbocycles. The van der Waals surface area contributed by atoms with Crippen molar-refractivity contribution in [3.63, 3.8) is 0 Å². The van der Waals surface area contributed by atoms with Crippen molar-refractivity contribution in [2.24, 2.45) is 11.3 Å². The second-order valence-electron chi connectivity index (χ2n) is 8.49. The Labute approximate surface area is 164 Å². The van der Waals surface area contributed by atoms with Gasteiger partial charge in [0, 0.05) is 63.3 Å². The molecule has 0 radical (unpaired) electrons. The van der Waals surface area contributed by atoms with E-state index in [2.05, 4.69) is 24.4 Å². The predicted octanol–water partition coefficient (Wildman–Crippen LogP) is 1.81. The second kappa shape index (κ2) is 6.84. The van der Waals surface area contributed by atoms with Gasteiger partial charge in [-0.2, -0.15) is 0 Å². The SMILES string of the molecule is O=C(O)[C@@]12CN(Cc3cncn3C3CCCC3)C[C@@H]1CN(c1ncccn1)C2. The highest BCUT2D eigenvalue weighted by atomic mass is 16.4. The van der Waals surface area contributed by atoms with Crippen LogP contribution in [0.15, 0.2) is 31.0 Å². The van der Waals surface area contributed by atoms with E-state index in [1.54, 1.807) is 18.5 Å². The number of carbonyl (C=O) groups is 1. The predicted molar refractivity (Wildman–Crippen MR) is 103 cm³/mol. The van der Waals surface area contributed by atoms with Crippen molar-refractivity contribution in [2.75, 3.05) is 31.1 Å². The topological polar surface area (TPSA) is 87.4 Å². The molecule has 4 heterocycles. The highest BCUT2D eigenvalue weighted by molar-refractivity contribution is 5.78. The van der Waals surface area contributed by atoms with E-state index in [-0.39, 0.29) is 5.92 Å². The summed E-state index contributed by atoms with van der Waals surface area (Å²) in [5.41, 5.74) is 0.452. The Morgan fingerprint density at radius 3 is 2.68 bits per heavy atom. The summed E-state index contributed by atoms with van der Waals surface area (Å²) in [6, 6.07) is 2.33. The highest BCUT2D eigenvalue weighted by Gasteiger charge is 2.58. The average Bonchev–Trinajstić information content (AvgIpc) is 3.45. The summed E-state index contributed by atoms with van der Waals surface area (Å²) < 4.78 is 2.32. The zero-order chi connectivity index (χ0) is 19.1. The van der Waals surface area contributed by atoms with Gasteiger partial charge < -0.3 is 14.6 Å². The molecule has 28 heavy (non-hydrogen) atoms. The Hall–Kier alpha value is -2.48. The van der Waals surface area contributed by atoms with Gasteiger partial charge in [-0.05, 0) is 18.9 Å². The maximum atomic E-state index is 12.3. The Kier molecular flexibility index (Phi) is 4.30. The third kappa shape index (κ3) is 2.87. The number of carboxylic acid groups (broad SMARTS) is 1. The van der Waals surface area contributed by atoms with Gasteiger partial charge in [0.1, 0.15) is 5.41 Å². The van der Waals surface area contributed by atoms with Gasteiger partial charge in [-0.15, -0.1) is 0 Å². The molecule has 3 fully saturated rings. The number of fused-ring (bicyclic) bond motifs is 1. The Morgan fingerprint density at radius 1 is 1.18 bits per heavy atom. The molecule has 2 aromatic rings. The fourth-order valence-corrected chi connectivity index (χ4v) is 5.39. The molecular formula is C20H26N6O2. The standard InChI is InChI=1S/C20H26N6O2/c27-18(28)20-12-24(11-17-8-21-14-26(17)16-4-1-2-5-16)9-15(20)10-25(13-20)19-22-6-3-7-23-19/h3,6-8,14-16H,1-2,4-5,9-13H2,(H,27,28)/t15-,20-/m1/s1. The molecule has 148 valence electrons. The molecule has 8 nitrogen and oxygen atoms in total. The smallest absolute Gasteiger partial charge is 0.313 e. The van der Waals surface area contributed by atoms with Crippen molar-refractivity contribution in [2.45, 2.75) is 38.3 Å². The number of hydrogen-bond acceptors (Lipinski definition) is 6. The first-order valence-corrected chi connectivity index (χ1v) is 10.1. The van der Waals surface area contributed by atoms with Crippen LogP contribution in [-0.4, -0.2) is 61.7 Å². The Balaban J connectivity index is 1.32. The maximum Gasteiger partial charge on any atom is 0.313 e. The van der Waals surface area contributed by atoms with Crippen molar-refractivity contribution < 1.29 is 9.90 Å². The van der Waals surface area contributed by atoms with Crippen LogP contribution in [-0.2, 0) is 11.3 Å². The number of aromatic nitrogens is 4. The monoisotopic (exact) mass is 382 g/mol. The molecule has 0 aromatic carbocycles. The molecule has 8 heteroatoms. The summed E-state index contributed by atoms with van der Waals surface area (Å²) in [7, 11) is 0. The molecule has 5 rings (SSSR count). The summed E-state index contributed by atoms with van der Waals surface area (Å²) in [6.45, 7) is 3.27. The van der Waals surface area contributed by atoms with Crippen LogP contribution in [0, 0.1) is 11.3 Å². The van der Waals surface area contributed by atoms with Crippen molar-refractivity contribution in [1.82, 2.24) is 24.4 Å². The van der Waals surface area contributed by atoms with Gasteiger partial charge in [-0.25, -0.2) is 15.0 Å². The minimum absolute atomic E-state index is 0.0802. The van der Waals surface area contributed by atoms with E-state index in [9.17, 15) is 9.90 Å². The van der Waals surface area contributed by atoms with E-state index >= 15 is 0 Å². The number of hydrogen-bond donors (Lipinski definition) is 1. The zero-order valence-corrected chi connectivity index (χ0v) is 15.9. The molecule has 2 atom stereocenters. The number of carboxylic acids is 1. The summed E-state index contributed by atoms with van der Waals surface area (Å²) >= 11 is 0. The fraction of sp³-hybridized carbons (Fsp3) is 0.600. The molecule has 0 amide bonds. The average molecular weight is 382 g/mol. The van der Waals surface area contributed by atoms with Crippen LogP contribution in [0.3, 0.4) is 0 Å². The molecule has 0 bridgehead atoms. The first-order valence-electron chi connectivity index (χ1n) is 10.1. The van der Waals surface area contributed by atoms with Crippen molar-refractivity contribution in [1.29, 1.82) is 0 Å². The normalized spacial score (nSPS) is 28.1. The van der Waals surface area contributed by atoms with Gasteiger partial charge in [0.15, 0.2) is 0 Å². The second-order valence-corrected chi connectivity index (χ2v) is 8.49. The minimum atomic E-state index is -0.753. The maximum absolute atomic E-state index is 12.3. The molecule has 1 saturated carbocycles. The van der Waals surface area contributed by atoms with Crippen molar-refractivity contribution in [3.05, 3.63) is 36.7 Å². The lowest BCUT2D eigenvalue weighted by atomic mass is 9.81. The lowest BCUT2D eigenvalue weighted by Crippen LogP contribution is -2.41. The molecule has 2 saturated heterocycles. The Bertz CT molecular complexity index is 849. The lowest BCUT2D eigenvalue weighted by molar-refractivity contribution is -0.148. The number of rotatable bonds is 5. The van der Waals surface area contributed by atoms with Crippen LogP contribution in [0.25, 0.3) is 0 Å². The van der Waals surface area contributed by atoms with E-state index in [1.807, 2.05) is 17.4 Å². The first kappa shape index (κ1) is 17.6. The molecule has 0 unspecified atom stereocenters.